The van der Waals surface area contributed by atoms with Crippen LogP contribution in [0.15, 0.2) is 42.7 Å². The predicted molar refractivity (Wildman–Crippen MR) is 92.6 cm³/mol. The summed E-state index contributed by atoms with van der Waals surface area (Å²) in [6, 6.07) is 8.11. The number of benzene rings is 1. The topological polar surface area (TPSA) is 56.4 Å². The monoisotopic (exact) mass is 343 g/mol. The second-order valence-corrected chi connectivity index (χ2v) is 6.26. The van der Waals surface area contributed by atoms with Gasteiger partial charge in [-0.3, -0.25) is 9.59 Å². The maximum atomic E-state index is 13.2. The predicted octanol–water partition coefficient (Wildman–Crippen LogP) is 2.46. The summed E-state index contributed by atoms with van der Waals surface area (Å²) in [7, 11) is 0. The molecule has 25 heavy (non-hydrogen) atoms. The molecule has 2 heterocycles. The van der Waals surface area contributed by atoms with Crippen LogP contribution >= 0.6 is 0 Å². The minimum Gasteiger partial charge on any atom is -0.367 e. The van der Waals surface area contributed by atoms with E-state index in [1.165, 1.54) is 12.1 Å². The van der Waals surface area contributed by atoms with Gasteiger partial charge in [-0.2, -0.15) is 0 Å². The molecule has 3 rings (SSSR count). The first-order chi connectivity index (χ1) is 12.1. The van der Waals surface area contributed by atoms with E-state index in [2.05, 4.69) is 4.98 Å². The molecule has 2 aromatic rings. The summed E-state index contributed by atoms with van der Waals surface area (Å²) in [4.78, 5) is 31.3. The van der Waals surface area contributed by atoms with Crippen molar-refractivity contribution in [1.29, 1.82) is 0 Å². The van der Waals surface area contributed by atoms with Crippen LogP contribution in [-0.2, 0) is 11.2 Å². The second-order valence-electron chi connectivity index (χ2n) is 6.26. The molecule has 1 aromatic heterocycles. The van der Waals surface area contributed by atoms with Crippen molar-refractivity contribution in [2.45, 2.75) is 19.3 Å². The summed E-state index contributed by atoms with van der Waals surface area (Å²) in [6.45, 7) is 2.38. The van der Waals surface area contributed by atoms with E-state index in [-0.39, 0.29) is 17.6 Å². The summed E-state index contributed by atoms with van der Waals surface area (Å²) < 4.78 is 13.2. The molecule has 6 heteroatoms. The van der Waals surface area contributed by atoms with Crippen LogP contribution in [0.3, 0.4) is 0 Å². The van der Waals surface area contributed by atoms with E-state index >= 15 is 0 Å². The molecule has 0 unspecified atom stereocenters. The fraction of sp³-hybridized carbons (Fsp3) is 0.368. The summed E-state index contributed by atoms with van der Waals surface area (Å²) in [5, 5.41) is 0. The lowest BCUT2D eigenvalue weighted by Gasteiger charge is -2.22. The Kier molecular flexibility index (Phi) is 5.48. The zero-order valence-electron chi connectivity index (χ0n) is 14.1. The molecule has 2 amide bonds. The molecule has 0 spiro atoms. The van der Waals surface area contributed by atoms with E-state index in [1.807, 2.05) is 11.0 Å². The van der Waals surface area contributed by atoms with Crippen LogP contribution in [0.1, 0.15) is 28.8 Å². The van der Waals surface area contributed by atoms with Crippen LogP contribution in [0.5, 0.6) is 0 Å². The number of aromatic nitrogens is 1. The first-order valence-electron chi connectivity index (χ1n) is 8.58. The molecule has 1 aliphatic rings. The highest BCUT2D eigenvalue weighted by molar-refractivity contribution is 5.94. The summed E-state index contributed by atoms with van der Waals surface area (Å²) >= 11 is 0. The first-order valence-corrected chi connectivity index (χ1v) is 8.58. The molecule has 1 saturated heterocycles. The highest BCUT2D eigenvalue weighted by atomic mass is 19.1. The molecular weight excluding hydrogens is 321 g/mol. The quantitative estimate of drug-likeness (QED) is 0.927. The minimum absolute atomic E-state index is 0.00434. The number of hydrogen-bond acceptors (Lipinski definition) is 2. The van der Waals surface area contributed by atoms with Gasteiger partial charge in [0, 0.05) is 45.0 Å². The summed E-state index contributed by atoms with van der Waals surface area (Å²) in [6.07, 6.45) is 5.07. The van der Waals surface area contributed by atoms with Crippen LogP contribution in [0.4, 0.5) is 4.39 Å². The van der Waals surface area contributed by atoms with Gasteiger partial charge in [-0.25, -0.2) is 4.39 Å². The van der Waals surface area contributed by atoms with Crippen molar-refractivity contribution in [3.05, 3.63) is 59.7 Å². The average molecular weight is 343 g/mol. The van der Waals surface area contributed by atoms with Gasteiger partial charge in [0.2, 0.25) is 5.91 Å². The van der Waals surface area contributed by atoms with E-state index in [4.69, 9.17) is 0 Å². The van der Waals surface area contributed by atoms with Crippen molar-refractivity contribution >= 4 is 11.8 Å². The maximum Gasteiger partial charge on any atom is 0.255 e. The highest BCUT2D eigenvalue weighted by Gasteiger charge is 2.22. The van der Waals surface area contributed by atoms with Crippen molar-refractivity contribution in [3.8, 4) is 0 Å². The van der Waals surface area contributed by atoms with E-state index in [0.717, 1.165) is 12.0 Å². The Hall–Kier alpha value is -2.63. The number of halogens is 1. The van der Waals surface area contributed by atoms with Gasteiger partial charge < -0.3 is 14.8 Å². The summed E-state index contributed by atoms with van der Waals surface area (Å²) in [5.74, 6) is -0.228. The molecular formula is C19H22FN3O2. The molecule has 0 atom stereocenters. The smallest absolute Gasteiger partial charge is 0.255 e. The van der Waals surface area contributed by atoms with Crippen LogP contribution in [0, 0.1) is 5.82 Å². The molecule has 1 fully saturated rings. The lowest BCUT2D eigenvalue weighted by atomic mass is 10.1. The molecule has 1 aliphatic heterocycles. The highest BCUT2D eigenvalue weighted by Crippen LogP contribution is 2.12. The number of aromatic amines is 1. The van der Waals surface area contributed by atoms with Gasteiger partial charge in [-0.1, -0.05) is 12.1 Å². The maximum absolute atomic E-state index is 13.2. The third-order valence-electron chi connectivity index (χ3n) is 4.50. The Balaban J connectivity index is 1.52. The second kappa shape index (κ2) is 7.96. The Morgan fingerprint density at radius 1 is 1.08 bits per heavy atom. The van der Waals surface area contributed by atoms with Gasteiger partial charge in [0.25, 0.3) is 5.91 Å². The zero-order chi connectivity index (χ0) is 17.6. The Bertz CT molecular complexity index is 730. The average Bonchev–Trinajstić information content (AvgIpc) is 3.03. The molecule has 5 nitrogen and oxygen atoms in total. The van der Waals surface area contributed by atoms with Gasteiger partial charge in [0.05, 0.1) is 5.56 Å². The normalized spacial score (nSPS) is 15.1. The molecule has 0 aliphatic carbocycles. The number of carbonyl (C=O) groups is 2. The fourth-order valence-corrected chi connectivity index (χ4v) is 3.11. The fourth-order valence-electron chi connectivity index (χ4n) is 3.11. The lowest BCUT2D eigenvalue weighted by Crippen LogP contribution is -2.37. The first kappa shape index (κ1) is 17.2. The minimum atomic E-state index is -0.279. The van der Waals surface area contributed by atoms with Gasteiger partial charge >= 0.3 is 0 Å². The van der Waals surface area contributed by atoms with E-state index in [9.17, 15) is 14.0 Å². The third kappa shape index (κ3) is 4.47. The van der Waals surface area contributed by atoms with Crippen molar-refractivity contribution < 1.29 is 14.0 Å². The Morgan fingerprint density at radius 2 is 1.88 bits per heavy atom. The Morgan fingerprint density at radius 3 is 2.64 bits per heavy atom. The van der Waals surface area contributed by atoms with Crippen LogP contribution in [0.25, 0.3) is 0 Å². The van der Waals surface area contributed by atoms with Crippen molar-refractivity contribution in [1.82, 2.24) is 14.8 Å². The number of carbonyl (C=O) groups excluding carboxylic acids is 2. The van der Waals surface area contributed by atoms with Gasteiger partial charge in [0.1, 0.15) is 5.82 Å². The number of rotatable bonds is 4. The van der Waals surface area contributed by atoms with Crippen molar-refractivity contribution in [2.75, 3.05) is 26.2 Å². The van der Waals surface area contributed by atoms with Gasteiger partial charge in [0.15, 0.2) is 0 Å². The molecule has 0 radical (unpaired) electrons. The van der Waals surface area contributed by atoms with Crippen molar-refractivity contribution in [3.63, 3.8) is 0 Å². The Labute approximate surface area is 146 Å². The van der Waals surface area contributed by atoms with Crippen LogP contribution < -0.4 is 0 Å². The van der Waals surface area contributed by atoms with E-state index in [0.29, 0.717) is 44.6 Å². The third-order valence-corrected chi connectivity index (χ3v) is 4.50. The van der Waals surface area contributed by atoms with Crippen LogP contribution in [-0.4, -0.2) is 52.8 Å². The standard InChI is InChI=1S/C19H22FN3O2/c20-17-4-1-3-15(13-17)5-6-18(24)22-9-2-10-23(12-11-22)19(25)16-7-8-21-14-16/h1,3-4,7-8,13-14,21H,2,5-6,9-12H2. The number of nitrogens with one attached hydrogen (secondary N) is 1. The molecule has 0 bridgehead atoms. The summed E-state index contributed by atoms with van der Waals surface area (Å²) in [5.41, 5.74) is 1.47. The van der Waals surface area contributed by atoms with Crippen LogP contribution in [0.2, 0.25) is 0 Å². The number of aryl methyl sites for hydroxylation is 1. The molecule has 1 N–H and O–H groups in total. The number of amides is 2. The molecule has 0 saturated carbocycles. The van der Waals surface area contributed by atoms with Crippen molar-refractivity contribution in [2.24, 2.45) is 0 Å². The molecule has 132 valence electrons. The largest absolute Gasteiger partial charge is 0.367 e. The SMILES string of the molecule is O=C(CCc1cccc(F)c1)N1CCCN(C(=O)c2cc[nH]c2)CC1. The van der Waals surface area contributed by atoms with E-state index < -0.39 is 0 Å². The lowest BCUT2D eigenvalue weighted by molar-refractivity contribution is -0.131. The molecule has 1 aromatic carbocycles. The van der Waals surface area contributed by atoms with Gasteiger partial charge in [-0.15, -0.1) is 0 Å². The zero-order valence-corrected chi connectivity index (χ0v) is 14.1. The number of nitrogens with zero attached hydrogens (tertiary/aromatic N) is 2. The van der Waals surface area contributed by atoms with E-state index in [1.54, 1.807) is 29.4 Å². The number of H-pyrrole nitrogens is 1. The number of hydrogen-bond donors (Lipinski definition) is 1. The van der Waals surface area contributed by atoms with Gasteiger partial charge in [-0.05, 0) is 36.6 Å².